The molecule has 7 heteroatoms. The summed E-state index contributed by atoms with van der Waals surface area (Å²) in [6, 6.07) is 2.33. The Morgan fingerprint density at radius 1 is 1.50 bits per heavy atom. The van der Waals surface area contributed by atoms with Crippen LogP contribution in [-0.2, 0) is 0 Å². The van der Waals surface area contributed by atoms with E-state index in [-0.39, 0.29) is 0 Å². The van der Waals surface area contributed by atoms with E-state index in [1.165, 1.54) is 0 Å². The van der Waals surface area contributed by atoms with Gasteiger partial charge >= 0.3 is 0 Å². The zero-order chi connectivity index (χ0) is 16.7. The van der Waals surface area contributed by atoms with E-state index in [1.807, 2.05) is 12.3 Å². The van der Waals surface area contributed by atoms with E-state index in [2.05, 4.69) is 24.4 Å². The van der Waals surface area contributed by atoms with Gasteiger partial charge in [0.1, 0.15) is 23.1 Å². The number of aromatic amines is 1. The molecule has 24 heavy (non-hydrogen) atoms. The van der Waals surface area contributed by atoms with Crippen LogP contribution in [0.3, 0.4) is 0 Å². The summed E-state index contributed by atoms with van der Waals surface area (Å²) in [6.07, 6.45) is 5.29. The van der Waals surface area contributed by atoms with E-state index in [1.54, 1.807) is 13.1 Å². The van der Waals surface area contributed by atoms with Gasteiger partial charge in [0, 0.05) is 37.3 Å². The predicted octanol–water partition coefficient (Wildman–Crippen LogP) is 1.56. The summed E-state index contributed by atoms with van der Waals surface area (Å²) in [7, 11) is 0. The second-order valence-electron chi connectivity index (χ2n) is 6.63. The number of nitrogens with one attached hydrogen (secondary N) is 1. The van der Waals surface area contributed by atoms with Crippen LogP contribution < -0.4 is 5.73 Å². The molecule has 2 atom stereocenters. The Morgan fingerprint density at radius 3 is 3.17 bits per heavy atom. The number of pyridine rings is 1. The fraction of sp³-hybridized carbons (Fsp3) is 0.529. The molecule has 4 heterocycles. The van der Waals surface area contributed by atoms with Crippen molar-refractivity contribution < 1.29 is 5.11 Å². The third-order valence-corrected chi connectivity index (χ3v) is 4.93. The van der Waals surface area contributed by atoms with E-state index in [0.717, 1.165) is 60.4 Å². The Bertz CT molecular complexity index is 849. The Hall–Kier alpha value is -1.96. The van der Waals surface area contributed by atoms with Crippen LogP contribution >= 0.6 is 0 Å². The van der Waals surface area contributed by atoms with Crippen molar-refractivity contribution >= 4 is 22.1 Å². The molecule has 1 fully saturated rings. The van der Waals surface area contributed by atoms with Gasteiger partial charge in [-0.25, -0.2) is 9.97 Å². The lowest BCUT2D eigenvalue weighted by molar-refractivity contribution is 0.156. The summed E-state index contributed by atoms with van der Waals surface area (Å²) in [5, 5.41) is 11.3. The Kier molecular flexibility index (Phi) is 3.99. The maximum Gasteiger partial charge on any atom is 0.139 e. The quantitative estimate of drug-likeness (QED) is 0.675. The van der Waals surface area contributed by atoms with E-state index >= 15 is 0 Å². The Balaban J connectivity index is 1.88. The second-order valence-corrected chi connectivity index (χ2v) is 6.63. The summed E-state index contributed by atoms with van der Waals surface area (Å²) in [5.41, 5.74) is 8.50. The molecule has 3 aromatic heterocycles. The van der Waals surface area contributed by atoms with Crippen molar-refractivity contribution in [2.24, 2.45) is 5.73 Å². The van der Waals surface area contributed by atoms with Crippen LogP contribution in [0.25, 0.3) is 22.1 Å². The fourth-order valence-electron chi connectivity index (χ4n) is 3.90. The Morgan fingerprint density at radius 2 is 2.38 bits per heavy atom. The lowest BCUT2D eigenvalue weighted by Crippen LogP contribution is -2.39. The van der Waals surface area contributed by atoms with Crippen LogP contribution in [0.1, 0.15) is 37.7 Å². The number of H-pyrrole nitrogens is 1. The van der Waals surface area contributed by atoms with Gasteiger partial charge in [0.15, 0.2) is 0 Å². The zero-order valence-corrected chi connectivity index (χ0v) is 13.9. The van der Waals surface area contributed by atoms with Crippen LogP contribution in [-0.4, -0.2) is 55.7 Å². The lowest BCUT2D eigenvalue weighted by Gasteiger charge is -2.34. The number of fused-ring (bicyclic) bond motifs is 3. The molecule has 0 aromatic carbocycles. The molecular formula is C17H24N6O. The molecule has 0 unspecified atom stereocenters. The van der Waals surface area contributed by atoms with Gasteiger partial charge in [0.05, 0.1) is 11.7 Å². The van der Waals surface area contributed by atoms with E-state index < -0.39 is 6.10 Å². The maximum atomic E-state index is 10.3. The van der Waals surface area contributed by atoms with Gasteiger partial charge in [-0.05, 0) is 32.4 Å². The van der Waals surface area contributed by atoms with Gasteiger partial charge in [0.25, 0.3) is 0 Å². The van der Waals surface area contributed by atoms with Crippen molar-refractivity contribution in [2.75, 3.05) is 26.2 Å². The monoisotopic (exact) mass is 328 g/mol. The first-order valence-electron chi connectivity index (χ1n) is 8.63. The molecule has 0 aliphatic carbocycles. The number of nitrogens with zero attached hydrogens (tertiary/aromatic N) is 4. The highest BCUT2D eigenvalue weighted by Gasteiger charge is 2.27. The van der Waals surface area contributed by atoms with Crippen molar-refractivity contribution in [1.29, 1.82) is 0 Å². The van der Waals surface area contributed by atoms with Gasteiger partial charge in [0.2, 0.25) is 0 Å². The first kappa shape index (κ1) is 15.6. The van der Waals surface area contributed by atoms with Crippen LogP contribution in [0, 0.1) is 0 Å². The summed E-state index contributed by atoms with van der Waals surface area (Å²) < 4.78 is 2.24. The largest absolute Gasteiger partial charge is 0.385 e. The number of likely N-dealkylation sites (tertiary alicyclic amines) is 1. The third kappa shape index (κ3) is 2.49. The summed E-state index contributed by atoms with van der Waals surface area (Å²) >= 11 is 0. The average molecular weight is 328 g/mol. The molecule has 128 valence electrons. The van der Waals surface area contributed by atoms with Gasteiger partial charge < -0.3 is 25.3 Å². The molecule has 0 amide bonds. The third-order valence-electron chi connectivity index (χ3n) is 4.93. The summed E-state index contributed by atoms with van der Waals surface area (Å²) in [4.78, 5) is 14.7. The van der Waals surface area contributed by atoms with Crippen LogP contribution in [0.5, 0.6) is 0 Å². The number of aromatic nitrogens is 4. The SMILES string of the molecule is C[C@@H](O)c1nc2cnc3[nH]ccc3c2n1[C@@H]1CCCN(CCN)C1. The van der Waals surface area contributed by atoms with Crippen LogP contribution in [0.15, 0.2) is 18.5 Å². The van der Waals surface area contributed by atoms with Crippen molar-refractivity contribution in [3.63, 3.8) is 0 Å². The fourth-order valence-corrected chi connectivity index (χ4v) is 3.90. The van der Waals surface area contributed by atoms with Crippen molar-refractivity contribution in [2.45, 2.75) is 31.9 Å². The first-order valence-corrected chi connectivity index (χ1v) is 8.63. The molecule has 0 saturated carbocycles. The van der Waals surface area contributed by atoms with E-state index in [0.29, 0.717) is 12.6 Å². The highest BCUT2D eigenvalue weighted by Crippen LogP contribution is 2.33. The first-order chi connectivity index (χ1) is 11.7. The molecule has 0 radical (unpaired) electrons. The maximum absolute atomic E-state index is 10.3. The molecule has 7 nitrogen and oxygen atoms in total. The molecule has 1 saturated heterocycles. The van der Waals surface area contributed by atoms with Crippen LogP contribution in [0.2, 0.25) is 0 Å². The van der Waals surface area contributed by atoms with Gasteiger partial charge in [-0.15, -0.1) is 0 Å². The van der Waals surface area contributed by atoms with E-state index in [9.17, 15) is 5.11 Å². The molecule has 1 aliphatic heterocycles. The highest BCUT2D eigenvalue weighted by atomic mass is 16.3. The number of hydrogen-bond acceptors (Lipinski definition) is 5. The molecule has 0 spiro atoms. The minimum absolute atomic E-state index is 0.292. The molecule has 1 aliphatic rings. The van der Waals surface area contributed by atoms with Crippen molar-refractivity contribution in [3.05, 3.63) is 24.3 Å². The molecule has 4 rings (SSSR count). The predicted molar refractivity (Wildman–Crippen MR) is 93.8 cm³/mol. The van der Waals surface area contributed by atoms with Gasteiger partial charge in [-0.1, -0.05) is 0 Å². The highest BCUT2D eigenvalue weighted by molar-refractivity contribution is 6.01. The number of aliphatic hydroxyl groups is 1. The minimum atomic E-state index is -0.615. The zero-order valence-electron chi connectivity index (χ0n) is 13.9. The number of aliphatic hydroxyl groups excluding tert-OH is 1. The normalized spacial score (nSPS) is 20.9. The van der Waals surface area contributed by atoms with Crippen molar-refractivity contribution in [1.82, 2.24) is 24.4 Å². The molecule has 3 aromatic rings. The standard InChI is InChI=1S/C17H24N6O/c1-11(24)17-21-14-9-20-16-13(4-6-19-16)15(14)23(17)12-3-2-7-22(10-12)8-5-18/h4,6,9,11-12,24H,2-3,5,7-8,10,18H2,1H3,(H,19,20)/t11-,12-/m1/s1. The number of imidazole rings is 1. The number of nitrogens with two attached hydrogens (primary N) is 1. The summed E-state index contributed by atoms with van der Waals surface area (Å²) in [5.74, 6) is 0.722. The second kappa shape index (κ2) is 6.16. The smallest absolute Gasteiger partial charge is 0.139 e. The number of piperidine rings is 1. The molecular weight excluding hydrogens is 304 g/mol. The minimum Gasteiger partial charge on any atom is -0.385 e. The molecule has 4 N–H and O–H groups in total. The Labute approximate surface area is 140 Å². The molecule has 0 bridgehead atoms. The number of rotatable bonds is 4. The lowest BCUT2D eigenvalue weighted by atomic mass is 10.0. The summed E-state index contributed by atoms with van der Waals surface area (Å²) in [6.45, 7) is 5.39. The van der Waals surface area contributed by atoms with Crippen LogP contribution in [0.4, 0.5) is 0 Å². The average Bonchev–Trinajstić information content (AvgIpc) is 3.19. The van der Waals surface area contributed by atoms with Gasteiger partial charge in [-0.2, -0.15) is 0 Å². The number of hydrogen-bond donors (Lipinski definition) is 3. The van der Waals surface area contributed by atoms with Gasteiger partial charge in [-0.3, -0.25) is 0 Å². The van der Waals surface area contributed by atoms with Crippen molar-refractivity contribution in [3.8, 4) is 0 Å². The van der Waals surface area contributed by atoms with E-state index in [4.69, 9.17) is 5.73 Å². The topological polar surface area (TPSA) is 96.0 Å².